The van der Waals surface area contributed by atoms with E-state index in [-0.39, 0.29) is 16.4 Å². The average molecular weight is 257 g/mol. The maximum Gasteiger partial charge on any atom is 0.227 e. The van der Waals surface area contributed by atoms with Gasteiger partial charge in [0, 0.05) is 12.3 Å². The van der Waals surface area contributed by atoms with Crippen LogP contribution < -0.4 is 5.43 Å². The highest BCUT2D eigenvalue weighted by atomic mass is 35.5. The van der Waals surface area contributed by atoms with Crippen LogP contribution in [0.25, 0.3) is 5.82 Å². The van der Waals surface area contributed by atoms with Crippen LogP contribution in [0.3, 0.4) is 0 Å². The lowest BCUT2D eigenvalue weighted by atomic mass is 10.5. The zero-order chi connectivity index (χ0) is 11.5. The number of nitrogens with one attached hydrogen (secondary N) is 1. The fourth-order valence-electron chi connectivity index (χ4n) is 1.19. The molecule has 5 nitrogen and oxygen atoms in total. The summed E-state index contributed by atoms with van der Waals surface area (Å²) in [5.41, 5.74) is -0.264. The first kappa shape index (κ1) is 11.2. The first-order valence-electron chi connectivity index (χ1n) is 4.64. The third kappa shape index (κ3) is 2.28. The molecule has 1 N–H and O–H groups in total. The Balaban J connectivity index is 2.39. The third-order valence-corrected chi connectivity index (χ3v) is 2.82. The molecule has 0 aromatic carbocycles. The molecule has 0 saturated carbocycles. The van der Waals surface area contributed by atoms with Crippen molar-refractivity contribution in [3.8, 4) is 5.82 Å². The monoisotopic (exact) mass is 256 g/mol. The van der Waals surface area contributed by atoms with Crippen LogP contribution in [0.5, 0.6) is 0 Å². The predicted octanol–water partition coefficient (Wildman–Crippen LogP) is 1.72. The van der Waals surface area contributed by atoms with Gasteiger partial charge in [-0.1, -0.05) is 18.5 Å². The Bertz CT molecular complexity index is 550. The van der Waals surface area contributed by atoms with Gasteiger partial charge in [-0.25, -0.2) is 4.68 Å². The number of hydrogen-bond donors (Lipinski definition) is 1. The Labute approximate surface area is 101 Å². The number of halogens is 1. The van der Waals surface area contributed by atoms with Crippen LogP contribution in [0.4, 0.5) is 0 Å². The van der Waals surface area contributed by atoms with Gasteiger partial charge in [-0.3, -0.25) is 9.89 Å². The second-order valence-electron chi connectivity index (χ2n) is 2.94. The number of H-pyrrole nitrogens is 1. The summed E-state index contributed by atoms with van der Waals surface area (Å²) in [5.74, 6) is 1.15. The predicted molar refractivity (Wildman–Crippen MR) is 63.4 cm³/mol. The Hall–Kier alpha value is -1.27. The highest BCUT2D eigenvalue weighted by Crippen LogP contribution is 2.14. The molecule has 0 aliphatic heterocycles. The molecule has 0 aliphatic carbocycles. The van der Waals surface area contributed by atoms with Crippen molar-refractivity contribution in [2.24, 2.45) is 0 Å². The smallest absolute Gasteiger partial charge is 0.227 e. The summed E-state index contributed by atoms with van der Waals surface area (Å²) in [7, 11) is 0. The van der Waals surface area contributed by atoms with E-state index in [0.29, 0.717) is 0 Å². The molecule has 0 fully saturated rings. The summed E-state index contributed by atoms with van der Waals surface area (Å²) in [5, 5.41) is 11.7. The molecule has 0 radical (unpaired) electrons. The molecule has 84 valence electrons. The second kappa shape index (κ2) is 4.71. The first-order chi connectivity index (χ1) is 7.70. The van der Waals surface area contributed by atoms with Gasteiger partial charge in [-0.05, 0) is 11.8 Å². The number of hydrogen-bond acceptors (Lipinski definition) is 4. The van der Waals surface area contributed by atoms with Crippen molar-refractivity contribution in [2.75, 3.05) is 5.75 Å². The fraction of sp³-hybridized carbons (Fsp3) is 0.222. The van der Waals surface area contributed by atoms with Crippen LogP contribution in [0.15, 0.2) is 28.2 Å². The number of aromatic amines is 1. The second-order valence-corrected chi connectivity index (χ2v) is 4.63. The molecule has 0 bridgehead atoms. The van der Waals surface area contributed by atoms with E-state index < -0.39 is 0 Å². The average Bonchev–Trinajstić information content (AvgIpc) is 2.67. The molecular formula is C9H9ClN4OS. The Morgan fingerprint density at radius 1 is 1.62 bits per heavy atom. The van der Waals surface area contributed by atoms with Crippen molar-refractivity contribution in [3.05, 3.63) is 33.7 Å². The van der Waals surface area contributed by atoms with E-state index in [9.17, 15) is 4.79 Å². The molecular weight excluding hydrogens is 248 g/mol. The lowest BCUT2D eigenvalue weighted by Crippen LogP contribution is -2.14. The number of rotatable bonds is 3. The number of thioether (sulfide) groups is 1. The van der Waals surface area contributed by atoms with E-state index in [1.807, 2.05) is 13.0 Å². The summed E-state index contributed by atoms with van der Waals surface area (Å²) in [6.07, 6.45) is 1.70. The standard InChI is InChI=1S/C9H9ClN4OS/c1-2-16-8-3-4-14(13-8)9-6(15)5-7(10)11-12-9/h3-5H,2H2,1H3,(H,11,15). The lowest BCUT2D eigenvalue weighted by Gasteiger charge is -1.98. The zero-order valence-corrected chi connectivity index (χ0v) is 10.0. The molecule has 7 heteroatoms. The van der Waals surface area contributed by atoms with Crippen LogP contribution in [-0.2, 0) is 0 Å². The first-order valence-corrected chi connectivity index (χ1v) is 6.01. The van der Waals surface area contributed by atoms with Gasteiger partial charge in [0.25, 0.3) is 0 Å². The minimum atomic E-state index is -0.264. The number of nitrogens with zero attached hydrogens (tertiary/aromatic N) is 3. The molecule has 2 aromatic rings. The van der Waals surface area contributed by atoms with Crippen LogP contribution >= 0.6 is 23.4 Å². The van der Waals surface area contributed by atoms with E-state index in [1.54, 1.807) is 18.0 Å². The Morgan fingerprint density at radius 3 is 3.12 bits per heavy atom. The van der Waals surface area contributed by atoms with Crippen LogP contribution in [0.1, 0.15) is 6.92 Å². The van der Waals surface area contributed by atoms with Gasteiger partial charge in [0.15, 0.2) is 0 Å². The van der Waals surface area contributed by atoms with Crippen molar-refractivity contribution >= 4 is 23.4 Å². The quantitative estimate of drug-likeness (QED) is 0.850. The van der Waals surface area contributed by atoms with E-state index in [0.717, 1.165) is 10.8 Å². The van der Waals surface area contributed by atoms with Crippen molar-refractivity contribution in [2.45, 2.75) is 11.9 Å². The highest BCUT2D eigenvalue weighted by molar-refractivity contribution is 7.99. The molecule has 0 amide bonds. The van der Waals surface area contributed by atoms with Gasteiger partial charge in [0.1, 0.15) is 10.2 Å². The molecule has 0 spiro atoms. The summed E-state index contributed by atoms with van der Waals surface area (Å²) >= 11 is 7.21. The Kier molecular flexibility index (Phi) is 3.31. The minimum absolute atomic E-state index is 0.212. The van der Waals surface area contributed by atoms with Gasteiger partial charge < -0.3 is 0 Å². The summed E-state index contributed by atoms with van der Waals surface area (Å²) in [4.78, 5) is 11.6. The van der Waals surface area contributed by atoms with Gasteiger partial charge in [0.2, 0.25) is 11.2 Å². The lowest BCUT2D eigenvalue weighted by molar-refractivity contribution is 0.779. The highest BCUT2D eigenvalue weighted by Gasteiger charge is 2.06. The largest absolute Gasteiger partial charge is 0.286 e. The minimum Gasteiger partial charge on any atom is -0.286 e. The molecule has 2 heterocycles. The van der Waals surface area contributed by atoms with E-state index in [4.69, 9.17) is 11.6 Å². The molecule has 0 unspecified atom stereocenters. The van der Waals surface area contributed by atoms with Gasteiger partial charge in [-0.15, -0.1) is 11.8 Å². The summed E-state index contributed by atoms with van der Waals surface area (Å²) in [6, 6.07) is 3.11. The van der Waals surface area contributed by atoms with Crippen molar-refractivity contribution in [1.29, 1.82) is 0 Å². The third-order valence-electron chi connectivity index (χ3n) is 1.82. The summed E-state index contributed by atoms with van der Waals surface area (Å²) < 4.78 is 1.44. The van der Waals surface area contributed by atoms with Gasteiger partial charge in [-0.2, -0.15) is 10.2 Å². The topological polar surface area (TPSA) is 63.6 Å². The normalized spacial score (nSPS) is 10.6. The van der Waals surface area contributed by atoms with Gasteiger partial charge >= 0.3 is 0 Å². The van der Waals surface area contributed by atoms with Crippen molar-refractivity contribution in [3.63, 3.8) is 0 Å². The van der Waals surface area contributed by atoms with Crippen LogP contribution in [0, 0.1) is 0 Å². The van der Waals surface area contributed by atoms with Crippen molar-refractivity contribution < 1.29 is 0 Å². The Morgan fingerprint density at radius 2 is 2.44 bits per heavy atom. The zero-order valence-electron chi connectivity index (χ0n) is 8.48. The van der Waals surface area contributed by atoms with Crippen LogP contribution in [-0.4, -0.2) is 25.7 Å². The van der Waals surface area contributed by atoms with E-state index in [2.05, 4.69) is 15.3 Å². The number of aromatic nitrogens is 4. The molecule has 0 aliphatic rings. The molecule has 0 saturated heterocycles. The summed E-state index contributed by atoms with van der Waals surface area (Å²) in [6.45, 7) is 2.04. The van der Waals surface area contributed by atoms with E-state index in [1.165, 1.54) is 10.7 Å². The van der Waals surface area contributed by atoms with E-state index >= 15 is 0 Å². The molecule has 2 aromatic heterocycles. The molecule has 2 rings (SSSR count). The van der Waals surface area contributed by atoms with Crippen LogP contribution in [0.2, 0.25) is 5.15 Å². The van der Waals surface area contributed by atoms with Gasteiger partial charge in [0.05, 0.1) is 0 Å². The van der Waals surface area contributed by atoms with Crippen molar-refractivity contribution in [1.82, 2.24) is 20.0 Å². The molecule has 16 heavy (non-hydrogen) atoms. The fourth-order valence-corrected chi connectivity index (χ4v) is 1.93. The molecule has 0 atom stereocenters. The maximum atomic E-state index is 11.6. The SMILES string of the molecule is CCSc1ccn(-c2n[nH]c(Cl)cc2=O)n1. The maximum absolute atomic E-state index is 11.6.